The smallest absolute Gasteiger partial charge is 0.130 e. The van der Waals surface area contributed by atoms with E-state index < -0.39 is 0 Å². The van der Waals surface area contributed by atoms with Gasteiger partial charge in [-0.15, -0.1) is 12.6 Å². The maximum Gasteiger partial charge on any atom is 0.130 e. The van der Waals surface area contributed by atoms with Crippen LogP contribution in [0, 0.1) is 0 Å². The summed E-state index contributed by atoms with van der Waals surface area (Å²) in [5.74, 6) is 0.998. The molecule has 66 valence electrons. The summed E-state index contributed by atoms with van der Waals surface area (Å²) in [6.45, 7) is 0.953. The largest absolute Gasteiger partial charge is 0.371 e. The van der Waals surface area contributed by atoms with Crippen LogP contribution >= 0.6 is 37.5 Å². The van der Waals surface area contributed by atoms with Crippen LogP contribution in [0.1, 0.15) is 25.7 Å². The number of hydrogen-bond donors (Lipinski definition) is 3. The van der Waals surface area contributed by atoms with Gasteiger partial charge in [-0.3, -0.25) is 0 Å². The van der Waals surface area contributed by atoms with Gasteiger partial charge in [0, 0.05) is 6.54 Å². The zero-order valence-corrected chi connectivity index (χ0v) is 9.15. The van der Waals surface area contributed by atoms with E-state index in [0.717, 1.165) is 12.3 Å². The van der Waals surface area contributed by atoms with Crippen molar-refractivity contribution in [3.8, 4) is 0 Å². The topological polar surface area (TPSA) is 12.0 Å². The average Bonchev–Trinajstić information content (AvgIpc) is 1.96. The highest BCUT2D eigenvalue weighted by molar-refractivity contribution is 8.11. The highest BCUT2D eigenvalue weighted by Crippen LogP contribution is 1.99. The van der Waals surface area contributed by atoms with Gasteiger partial charge < -0.3 is 5.32 Å². The third-order valence-corrected chi connectivity index (χ3v) is 1.98. The van der Waals surface area contributed by atoms with Gasteiger partial charge in [0.1, 0.15) is 4.32 Å². The molecule has 0 rings (SSSR count). The van der Waals surface area contributed by atoms with E-state index in [9.17, 15) is 0 Å². The first-order valence-corrected chi connectivity index (χ1v) is 5.34. The fourth-order valence-electron chi connectivity index (χ4n) is 0.786. The maximum atomic E-state index is 4.74. The van der Waals surface area contributed by atoms with E-state index >= 15 is 0 Å². The van der Waals surface area contributed by atoms with Crippen LogP contribution in [0.4, 0.5) is 0 Å². The molecule has 0 saturated carbocycles. The molecule has 11 heavy (non-hydrogen) atoms. The van der Waals surface area contributed by atoms with E-state index in [0.29, 0.717) is 4.32 Å². The molecule has 0 aliphatic rings. The summed E-state index contributed by atoms with van der Waals surface area (Å²) in [5.41, 5.74) is 0. The Balaban J connectivity index is 2.85. The van der Waals surface area contributed by atoms with Crippen LogP contribution < -0.4 is 5.32 Å². The summed E-state index contributed by atoms with van der Waals surface area (Å²) in [4.78, 5) is 0. The van der Waals surface area contributed by atoms with E-state index in [4.69, 9.17) is 12.2 Å². The number of rotatable bonds is 6. The molecular formula is C7H15NS3. The summed E-state index contributed by atoms with van der Waals surface area (Å²) in [6.07, 6.45) is 4.91. The lowest BCUT2D eigenvalue weighted by atomic mass is 10.2. The SMILES string of the molecule is S=C(S)NCCCCCCS. The second-order valence-electron chi connectivity index (χ2n) is 2.37. The molecule has 0 aliphatic heterocycles. The summed E-state index contributed by atoms with van der Waals surface area (Å²) in [6, 6.07) is 0. The number of thiocarbonyl (C=S) groups is 1. The van der Waals surface area contributed by atoms with Crippen LogP contribution in [0.25, 0.3) is 0 Å². The fourth-order valence-corrected chi connectivity index (χ4v) is 1.22. The Morgan fingerprint density at radius 1 is 1.18 bits per heavy atom. The molecule has 0 aromatic heterocycles. The molecule has 0 atom stereocenters. The van der Waals surface area contributed by atoms with Crippen LogP contribution in [0.3, 0.4) is 0 Å². The van der Waals surface area contributed by atoms with Gasteiger partial charge >= 0.3 is 0 Å². The molecule has 1 nitrogen and oxygen atoms in total. The van der Waals surface area contributed by atoms with Crippen LogP contribution in [-0.2, 0) is 0 Å². The van der Waals surface area contributed by atoms with Crippen molar-refractivity contribution in [2.24, 2.45) is 0 Å². The molecule has 0 unspecified atom stereocenters. The van der Waals surface area contributed by atoms with Gasteiger partial charge in [-0.1, -0.05) is 25.1 Å². The summed E-state index contributed by atoms with van der Waals surface area (Å²) >= 11 is 12.8. The average molecular weight is 209 g/mol. The summed E-state index contributed by atoms with van der Waals surface area (Å²) in [5, 5.41) is 3.00. The number of nitrogens with one attached hydrogen (secondary N) is 1. The molecule has 0 spiro atoms. The summed E-state index contributed by atoms with van der Waals surface area (Å²) < 4.78 is 0.596. The number of hydrogen-bond acceptors (Lipinski definition) is 2. The standard InChI is InChI=1S/C7H15NS3/c9-6-4-2-1-3-5-8-7(10)11/h9H,1-6H2,(H2,8,10,11). The summed E-state index contributed by atoms with van der Waals surface area (Å²) in [7, 11) is 0. The van der Waals surface area contributed by atoms with Crippen LogP contribution in [0.15, 0.2) is 0 Å². The quantitative estimate of drug-likeness (QED) is 0.352. The molecule has 0 aliphatic carbocycles. The van der Waals surface area contributed by atoms with E-state index in [1.807, 2.05) is 0 Å². The van der Waals surface area contributed by atoms with Gasteiger partial charge in [-0.25, -0.2) is 0 Å². The van der Waals surface area contributed by atoms with Gasteiger partial charge in [-0.2, -0.15) is 12.6 Å². The molecule has 1 N–H and O–H groups in total. The fraction of sp³-hybridized carbons (Fsp3) is 0.857. The predicted octanol–water partition coefficient (Wildman–Crippen LogP) is 2.28. The van der Waals surface area contributed by atoms with Crippen LogP contribution in [0.2, 0.25) is 0 Å². The minimum atomic E-state index is 0.596. The van der Waals surface area contributed by atoms with Crippen molar-refractivity contribution in [2.75, 3.05) is 12.3 Å². The van der Waals surface area contributed by atoms with E-state index in [-0.39, 0.29) is 0 Å². The molecule has 0 amide bonds. The highest BCUT2D eigenvalue weighted by Gasteiger charge is 1.89. The molecule has 0 aromatic carbocycles. The van der Waals surface area contributed by atoms with Crippen LogP contribution in [-0.4, -0.2) is 16.6 Å². The first-order valence-electron chi connectivity index (χ1n) is 3.85. The van der Waals surface area contributed by atoms with Crippen molar-refractivity contribution in [1.29, 1.82) is 0 Å². The van der Waals surface area contributed by atoms with Crippen molar-refractivity contribution in [3.05, 3.63) is 0 Å². The van der Waals surface area contributed by atoms with E-state index in [1.165, 1.54) is 25.7 Å². The molecule has 0 aromatic rings. The molecule has 0 radical (unpaired) electrons. The van der Waals surface area contributed by atoms with Crippen LogP contribution in [0.5, 0.6) is 0 Å². The van der Waals surface area contributed by atoms with Crippen molar-refractivity contribution in [3.63, 3.8) is 0 Å². The van der Waals surface area contributed by atoms with Gasteiger partial charge in [0.25, 0.3) is 0 Å². The Morgan fingerprint density at radius 3 is 2.36 bits per heavy atom. The molecule has 0 saturated heterocycles. The second kappa shape index (κ2) is 8.68. The van der Waals surface area contributed by atoms with Gasteiger partial charge in [-0.05, 0) is 18.6 Å². The molecular weight excluding hydrogens is 194 g/mol. The third-order valence-electron chi connectivity index (χ3n) is 1.36. The van der Waals surface area contributed by atoms with Crippen molar-refractivity contribution in [2.45, 2.75) is 25.7 Å². The van der Waals surface area contributed by atoms with E-state index in [2.05, 4.69) is 30.6 Å². The predicted molar refractivity (Wildman–Crippen MR) is 61.9 cm³/mol. The minimum Gasteiger partial charge on any atom is -0.371 e. The number of unbranched alkanes of at least 4 members (excludes halogenated alkanes) is 3. The van der Waals surface area contributed by atoms with Crippen molar-refractivity contribution < 1.29 is 0 Å². The maximum absolute atomic E-state index is 4.74. The Labute approximate surface area is 85.1 Å². The lowest BCUT2D eigenvalue weighted by Gasteiger charge is -2.01. The Hall–Kier alpha value is 0.590. The van der Waals surface area contributed by atoms with Crippen molar-refractivity contribution >= 4 is 41.8 Å². The molecule has 0 heterocycles. The lowest BCUT2D eigenvalue weighted by molar-refractivity contribution is 0.660. The normalized spacial score (nSPS) is 9.64. The Morgan fingerprint density at radius 2 is 1.82 bits per heavy atom. The molecule has 0 bridgehead atoms. The van der Waals surface area contributed by atoms with Gasteiger partial charge in [0.15, 0.2) is 0 Å². The number of thiol groups is 2. The monoisotopic (exact) mass is 209 g/mol. The zero-order chi connectivity index (χ0) is 8.53. The Kier molecular flexibility index (Phi) is 9.15. The van der Waals surface area contributed by atoms with Gasteiger partial charge in [0.2, 0.25) is 0 Å². The first kappa shape index (κ1) is 11.6. The lowest BCUT2D eigenvalue weighted by Crippen LogP contribution is -2.17. The zero-order valence-electron chi connectivity index (χ0n) is 6.55. The van der Waals surface area contributed by atoms with E-state index in [1.54, 1.807) is 0 Å². The molecule has 0 fully saturated rings. The minimum absolute atomic E-state index is 0.596. The molecule has 4 heteroatoms. The Bertz CT molecular complexity index is 106. The third kappa shape index (κ3) is 10.6. The second-order valence-corrected chi connectivity index (χ2v) is 3.97. The van der Waals surface area contributed by atoms with Gasteiger partial charge in [0.05, 0.1) is 0 Å². The van der Waals surface area contributed by atoms with Crippen molar-refractivity contribution in [1.82, 2.24) is 5.32 Å². The highest BCUT2D eigenvalue weighted by atomic mass is 32.1. The first-order chi connectivity index (χ1) is 5.27.